The van der Waals surface area contributed by atoms with Gasteiger partial charge in [0.2, 0.25) is 0 Å². The monoisotopic (exact) mass is 236 g/mol. The van der Waals surface area contributed by atoms with Crippen LogP contribution in [-0.2, 0) is 0 Å². The quantitative estimate of drug-likeness (QED) is 0.839. The van der Waals surface area contributed by atoms with Crippen molar-refractivity contribution >= 4 is 11.6 Å². The maximum absolute atomic E-state index is 9.17. The van der Waals surface area contributed by atoms with Gasteiger partial charge in [0, 0.05) is 6.07 Å². The molecule has 0 fully saturated rings. The number of benzene rings is 2. The molecule has 0 bridgehead atoms. The van der Waals surface area contributed by atoms with Crippen LogP contribution in [0.25, 0.3) is 0 Å². The molecule has 4 heteroatoms. The molecule has 2 rings (SSSR count). The summed E-state index contributed by atoms with van der Waals surface area (Å²) in [6, 6.07) is 10.7. The SMILES string of the molecule is Oc1ccc(Oc2ccc(O)cc2Cl)cc1. The van der Waals surface area contributed by atoms with Crippen LogP contribution >= 0.6 is 11.6 Å². The predicted molar refractivity (Wildman–Crippen MR) is 61.3 cm³/mol. The molecule has 0 radical (unpaired) electrons. The summed E-state index contributed by atoms with van der Waals surface area (Å²) < 4.78 is 5.46. The van der Waals surface area contributed by atoms with Gasteiger partial charge in [0.1, 0.15) is 23.0 Å². The predicted octanol–water partition coefficient (Wildman–Crippen LogP) is 3.54. The highest BCUT2D eigenvalue weighted by molar-refractivity contribution is 6.32. The van der Waals surface area contributed by atoms with Gasteiger partial charge in [0.05, 0.1) is 5.02 Å². The molecule has 16 heavy (non-hydrogen) atoms. The van der Waals surface area contributed by atoms with Gasteiger partial charge in [-0.3, -0.25) is 0 Å². The molecule has 0 aliphatic heterocycles. The molecular weight excluding hydrogens is 228 g/mol. The van der Waals surface area contributed by atoms with Crippen LogP contribution in [0.1, 0.15) is 0 Å². The summed E-state index contributed by atoms with van der Waals surface area (Å²) in [6.07, 6.45) is 0. The van der Waals surface area contributed by atoms with Crippen LogP contribution in [0.15, 0.2) is 42.5 Å². The molecule has 82 valence electrons. The molecule has 0 saturated heterocycles. The summed E-state index contributed by atoms with van der Waals surface area (Å²) in [5.74, 6) is 1.27. The molecule has 2 aromatic carbocycles. The van der Waals surface area contributed by atoms with Gasteiger partial charge in [-0.2, -0.15) is 0 Å². The standard InChI is InChI=1S/C12H9ClO3/c13-11-7-9(15)3-6-12(11)16-10-4-1-8(14)2-5-10/h1-7,14-15H. The van der Waals surface area contributed by atoms with Gasteiger partial charge < -0.3 is 14.9 Å². The molecule has 0 aliphatic carbocycles. The summed E-state index contributed by atoms with van der Waals surface area (Å²) >= 11 is 5.88. The van der Waals surface area contributed by atoms with Crippen LogP contribution in [0.3, 0.4) is 0 Å². The summed E-state index contributed by atoms with van der Waals surface area (Å²) in [6.45, 7) is 0. The summed E-state index contributed by atoms with van der Waals surface area (Å²) in [5, 5.41) is 18.6. The molecule has 0 amide bonds. The van der Waals surface area contributed by atoms with Crippen molar-refractivity contribution < 1.29 is 14.9 Å². The minimum atomic E-state index is 0.0862. The number of ether oxygens (including phenoxy) is 1. The van der Waals surface area contributed by atoms with E-state index in [0.717, 1.165) is 0 Å². The van der Waals surface area contributed by atoms with Gasteiger partial charge in [-0.15, -0.1) is 0 Å². The number of halogens is 1. The minimum absolute atomic E-state index is 0.0862. The molecular formula is C12H9ClO3. The van der Waals surface area contributed by atoms with E-state index in [0.29, 0.717) is 16.5 Å². The first-order valence-electron chi connectivity index (χ1n) is 4.60. The maximum atomic E-state index is 9.17. The zero-order valence-corrected chi connectivity index (χ0v) is 8.98. The Morgan fingerprint density at radius 2 is 1.50 bits per heavy atom. The van der Waals surface area contributed by atoms with Crippen LogP contribution in [0.5, 0.6) is 23.0 Å². The molecule has 2 N–H and O–H groups in total. The van der Waals surface area contributed by atoms with Crippen LogP contribution in [0.2, 0.25) is 5.02 Å². The fraction of sp³-hybridized carbons (Fsp3) is 0. The van der Waals surface area contributed by atoms with Gasteiger partial charge in [-0.1, -0.05) is 11.6 Å². The van der Waals surface area contributed by atoms with E-state index >= 15 is 0 Å². The highest BCUT2D eigenvalue weighted by Gasteiger charge is 2.03. The van der Waals surface area contributed by atoms with Gasteiger partial charge in [0.25, 0.3) is 0 Å². The van der Waals surface area contributed by atoms with Crippen LogP contribution in [-0.4, -0.2) is 10.2 Å². The Labute approximate surface area is 97.5 Å². The second-order valence-electron chi connectivity index (χ2n) is 3.21. The first-order valence-corrected chi connectivity index (χ1v) is 4.98. The second-order valence-corrected chi connectivity index (χ2v) is 3.62. The Balaban J connectivity index is 2.23. The average Bonchev–Trinajstić information content (AvgIpc) is 2.25. The molecule has 0 heterocycles. The van der Waals surface area contributed by atoms with E-state index < -0.39 is 0 Å². The van der Waals surface area contributed by atoms with E-state index in [-0.39, 0.29) is 11.5 Å². The molecule has 0 unspecified atom stereocenters. The number of phenols is 2. The minimum Gasteiger partial charge on any atom is -0.508 e. The molecule has 0 saturated carbocycles. The third-order valence-corrected chi connectivity index (χ3v) is 2.28. The number of aromatic hydroxyl groups is 2. The van der Waals surface area contributed by atoms with Crippen molar-refractivity contribution in [1.29, 1.82) is 0 Å². The van der Waals surface area contributed by atoms with E-state index in [2.05, 4.69) is 0 Å². The summed E-state index contributed by atoms with van der Waals surface area (Å²) in [4.78, 5) is 0. The Morgan fingerprint density at radius 3 is 2.12 bits per heavy atom. The number of hydrogen-bond acceptors (Lipinski definition) is 3. The fourth-order valence-corrected chi connectivity index (χ4v) is 1.43. The van der Waals surface area contributed by atoms with Crippen molar-refractivity contribution in [1.82, 2.24) is 0 Å². The Bertz CT molecular complexity index is 494. The summed E-state index contributed by atoms with van der Waals surface area (Å²) in [5.41, 5.74) is 0. The van der Waals surface area contributed by atoms with Crippen molar-refractivity contribution in [3.8, 4) is 23.0 Å². The number of rotatable bonds is 2. The van der Waals surface area contributed by atoms with E-state index in [9.17, 15) is 0 Å². The van der Waals surface area contributed by atoms with Crippen molar-refractivity contribution in [2.45, 2.75) is 0 Å². The third-order valence-electron chi connectivity index (χ3n) is 1.98. The molecule has 0 atom stereocenters. The first kappa shape index (κ1) is 10.6. The van der Waals surface area contributed by atoms with Crippen LogP contribution in [0.4, 0.5) is 0 Å². The van der Waals surface area contributed by atoms with E-state index in [1.54, 1.807) is 18.2 Å². The lowest BCUT2D eigenvalue weighted by Gasteiger charge is -2.07. The molecule has 0 aliphatic rings. The second kappa shape index (κ2) is 4.33. The lowest BCUT2D eigenvalue weighted by atomic mass is 10.3. The lowest BCUT2D eigenvalue weighted by molar-refractivity contribution is 0.459. The normalized spacial score (nSPS) is 10.1. The van der Waals surface area contributed by atoms with Gasteiger partial charge in [0.15, 0.2) is 0 Å². The van der Waals surface area contributed by atoms with Crippen molar-refractivity contribution in [3.05, 3.63) is 47.5 Å². The van der Waals surface area contributed by atoms with Gasteiger partial charge in [-0.05, 0) is 36.4 Å². The van der Waals surface area contributed by atoms with Crippen LogP contribution in [0, 0.1) is 0 Å². The molecule has 3 nitrogen and oxygen atoms in total. The van der Waals surface area contributed by atoms with Crippen molar-refractivity contribution in [3.63, 3.8) is 0 Å². The zero-order valence-electron chi connectivity index (χ0n) is 8.22. The molecule has 0 spiro atoms. The van der Waals surface area contributed by atoms with Crippen molar-refractivity contribution in [2.75, 3.05) is 0 Å². The number of phenolic OH excluding ortho intramolecular Hbond substituents is 2. The smallest absolute Gasteiger partial charge is 0.146 e. The zero-order chi connectivity index (χ0) is 11.5. The Morgan fingerprint density at radius 1 is 0.875 bits per heavy atom. The third kappa shape index (κ3) is 2.38. The first-order chi connectivity index (χ1) is 7.65. The van der Waals surface area contributed by atoms with Gasteiger partial charge in [-0.25, -0.2) is 0 Å². The molecule has 0 aromatic heterocycles. The van der Waals surface area contributed by atoms with E-state index in [1.165, 1.54) is 24.3 Å². The van der Waals surface area contributed by atoms with Gasteiger partial charge >= 0.3 is 0 Å². The fourth-order valence-electron chi connectivity index (χ4n) is 1.21. The van der Waals surface area contributed by atoms with E-state index in [4.69, 9.17) is 26.6 Å². The Kier molecular flexibility index (Phi) is 2.88. The van der Waals surface area contributed by atoms with Crippen LogP contribution < -0.4 is 4.74 Å². The van der Waals surface area contributed by atoms with Crippen molar-refractivity contribution in [2.24, 2.45) is 0 Å². The highest BCUT2D eigenvalue weighted by atomic mass is 35.5. The molecule has 2 aromatic rings. The highest BCUT2D eigenvalue weighted by Crippen LogP contribution is 2.32. The topological polar surface area (TPSA) is 49.7 Å². The number of hydrogen-bond donors (Lipinski definition) is 2. The largest absolute Gasteiger partial charge is 0.508 e. The Hall–Kier alpha value is -1.87. The maximum Gasteiger partial charge on any atom is 0.146 e. The average molecular weight is 237 g/mol. The summed E-state index contributed by atoms with van der Waals surface area (Å²) in [7, 11) is 0. The lowest BCUT2D eigenvalue weighted by Crippen LogP contribution is -1.84. The van der Waals surface area contributed by atoms with E-state index in [1.807, 2.05) is 0 Å².